The smallest absolute Gasteiger partial charge is 0.238 e. The summed E-state index contributed by atoms with van der Waals surface area (Å²) in [4.78, 5) is 15.8. The van der Waals surface area contributed by atoms with Crippen LogP contribution in [-0.4, -0.2) is 18.2 Å². The van der Waals surface area contributed by atoms with Gasteiger partial charge in [-0.1, -0.05) is 12.2 Å². The average Bonchev–Trinajstić information content (AvgIpc) is 2.27. The Morgan fingerprint density at radius 1 is 1.57 bits per heavy atom. The maximum Gasteiger partial charge on any atom is 0.238 e. The molecule has 1 aliphatic heterocycles. The highest BCUT2D eigenvalue weighted by atomic mass is 16.2. The van der Waals surface area contributed by atoms with Gasteiger partial charge in [0.1, 0.15) is 0 Å². The van der Waals surface area contributed by atoms with E-state index in [2.05, 4.69) is 22.6 Å². The molecule has 4 heteroatoms. The van der Waals surface area contributed by atoms with Gasteiger partial charge >= 0.3 is 0 Å². The maximum atomic E-state index is 11.3. The van der Waals surface area contributed by atoms with Crippen LogP contribution in [0, 0.1) is 11.8 Å². The molecule has 1 heterocycles. The number of carbonyl (C=O) groups excluding carboxylic acids is 1. The highest BCUT2D eigenvalue weighted by Gasteiger charge is 2.29. The summed E-state index contributed by atoms with van der Waals surface area (Å²) in [7, 11) is 0. The van der Waals surface area contributed by atoms with Gasteiger partial charge in [0.15, 0.2) is 0 Å². The highest BCUT2D eigenvalue weighted by Crippen LogP contribution is 2.27. The summed E-state index contributed by atoms with van der Waals surface area (Å²) in [5.41, 5.74) is 3.46. The topological polar surface area (TPSA) is 67.5 Å². The molecule has 2 unspecified atom stereocenters. The number of allylic oxidation sites excluding steroid dienone is 2. The molecule has 3 N–H and O–H groups in total. The number of fused-ring (bicyclic) bond motifs is 1. The van der Waals surface area contributed by atoms with E-state index < -0.39 is 0 Å². The summed E-state index contributed by atoms with van der Waals surface area (Å²) in [6.07, 6.45) is 7.20. The first-order valence-electron chi connectivity index (χ1n) is 5.00. The minimum absolute atomic E-state index is 0.0275. The Morgan fingerprint density at radius 2 is 2.43 bits per heavy atom. The number of rotatable bonds is 1. The lowest BCUT2D eigenvalue weighted by atomic mass is 9.81. The third-order valence-corrected chi connectivity index (χ3v) is 2.98. The number of nitrogens with zero attached hydrogens (tertiary/aromatic N) is 1. The van der Waals surface area contributed by atoms with Crippen LogP contribution < -0.4 is 11.3 Å². The van der Waals surface area contributed by atoms with Crippen LogP contribution >= 0.6 is 0 Å². The second-order valence-corrected chi connectivity index (χ2v) is 3.88. The van der Waals surface area contributed by atoms with E-state index in [1.54, 1.807) is 0 Å². The van der Waals surface area contributed by atoms with Crippen molar-refractivity contribution in [3.8, 4) is 0 Å². The fourth-order valence-electron chi connectivity index (χ4n) is 2.15. The zero-order valence-electron chi connectivity index (χ0n) is 8.07. The molecule has 76 valence electrons. The van der Waals surface area contributed by atoms with Crippen molar-refractivity contribution in [1.82, 2.24) is 5.43 Å². The standard InChI is InChI=1S/C10H15N3O/c11-13-10(14)8-5-7-3-1-2-4-9(7)12-6-8/h1-2,7-8H,3-6,11H2,(H,13,14). The van der Waals surface area contributed by atoms with Gasteiger partial charge in [0.05, 0.1) is 12.5 Å². The predicted octanol–water partition coefficient (Wildman–Crippen LogP) is 0.403. The zero-order chi connectivity index (χ0) is 9.97. The SMILES string of the molecule is NNC(=O)C1CN=C2CC=CCC2C1. The van der Waals surface area contributed by atoms with E-state index in [0.717, 1.165) is 19.3 Å². The molecule has 2 rings (SSSR count). The fraction of sp³-hybridized carbons (Fsp3) is 0.600. The van der Waals surface area contributed by atoms with Crippen LogP contribution in [0.25, 0.3) is 0 Å². The normalized spacial score (nSPS) is 30.5. The predicted molar refractivity (Wildman–Crippen MR) is 54.6 cm³/mol. The van der Waals surface area contributed by atoms with Gasteiger partial charge in [-0.15, -0.1) is 0 Å². The second kappa shape index (κ2) is 3.92. The first-order chi connectivity index (χ1) is 6.81. The molecule has 2 aliphatic rings. The Kier molecular flexibility index (Phi) is 2.63. The van der Waals surface area contributed by atoms with E-state index >= 15 is 0 Å². The quantitative estimate of drug-likeness (QED) is 0.274. The van der Waals surface area contributed by atoms with Crippen LogP contribution in [0.1, 0.15) is 19.3 Å². The largest absolute Gasteiger partial charge is 0.294 e. The van der Waals surface area contributed by atoms with Crippen LogP contribution in [0.3, 0.4) is 0 Å². The molecule has 2 atom stereocenters. The van der Waals surface area contributed by atoms with Crippen molar-refractivity contribution in [3.05, 3.63) is 12.2 Å². The molecule has 4 nitrogen and oxygen atoms in total. The molecule has 0 fully saturated rings. The number of hydrogen-bond donors (Lipinski definition) is 2. The fourth-order valence-corrected chi connectivity index (χ4v) is 2.15. The molecule has 0 aromatic rings. The molecule has 1 amide bonds. The Morgan fingerprint density at radius 3 is 3.21 bits per heavy atom. The van der Waals surface area contributed by atoms with Crippen LogP contribution in [-0.2, 0) is 4.79 Å². The number of amides is 1. The molecule has 0 aromatic heterocycles. The second-order valence-electron chi connectivity index (χ2n) is 3.88. The third-order valence-electron chi connectivity index (χ3n) is 2.98. The number of aliphatic imine (C=N–C) groups is 1. The van der Waals surface area contributed by atoms with Gasteiger partial charge < -0.3 is 0 Å². The summed E-state index contributed by atoms with van der Waals surface area (Å²) < 4.78 is 0. The van der Waals surface area contributed by atoms with Crippen LogP contribution in [0.2, 0.25) is 0 Å². The summed E-state index contributed by atoms with van der Waals surface area (Å²) in [5.74, 6) is 5.47. The number of hydrogen-bond acceptors (Lipinski definition) is 3. The molecule has 1 aliphatic carbocycles. The van der Waals surface area contributed by atoms with Gasteiger partial charge in [-0.3, -0.25) is 15.2 Å². The van der Waals surface area contributed by atoms with Gasteiger partial charge in [0, 0.05) is 18.1 Å². The van der Waals surface area contributed by atoms with Gasteiger partial charge in [-0.05, 0) is 12.8 Å². The van der Waals surface area contributed by atoms with Crippen molar-refractivity contribution < 1.29 is 4.79 Å². The lowest BCUT2D eigenvalue weighted by Gasteiger charge is -2.28. The van der Waals surface area contributed by atoms with Crippen molar-refractivity contribution in [3.63, 3.8) is 0 Å². The first kappa shape index (κ1) is 9.40. The third kappa shape index (κ3) is 1.70. The minimum Gasteiger partial charge on any atom is -0.294 e. The number of nitrogens with one attached hydrogen (secondary N) is 1. The molecular weight excluding hydrogens is 178 g/mol. The van der Waals surface area contributed by atoms with Gasteiger partial charge in [0.2, 0.25) is 5.91 Å². The van der Waals surface area contributed by atoms with Crippen molar-refractivity contribution in [1.29, 1.82) is 0 Å². The summed E-state index contributed by atoms with van der Waals surface area (Å²) >= 11 is 0. The van der Waals surface area contributed by atoms with E-state index in [4.69, 9.17) is 5.84 Å². The molecule has 0 spiro atoms. The van der Waals surface area contributed by atoms with Crippen LogP contribution in [0.5, 0.6) is 0 Å². The van der Waals surface area contributed by atoms with E-state index in [0.29, 0.717) is 12.5 Å². The molecular formula is C10H15N3O. The summed E-state index contributed by atoms with van der Waals surface area (Å²) in [6.45, 7) is 0.600. The van der Waals surface area contributed by atoms with Crippen molar-refractivity contribution in [2.45, 2.75) is 19.3 Å². The van der Waals surface area contributed by atoms with E-state index in [1.165, 1.54) is 5.71 Å². The maximum absolute atomic E-state index is 11.3. The first-order valence-corrected chi connectivity index (χ1v) is 5.00. The number of nitrogens with two attached hydrogens (primary N) is 1. The van der Waals surface area contributed by atoms with Gasteiger partial charge in [0.25, 0.3) is 0 Å². The van der Waals surface area contributed by atoms with Crippen molar-refractivity contribution in [2.24, 2.45) is 22.7 Å². The molecule has 0 bridgehead atoms. The Balaban J connectivity index is 2.06. The Bertz CT molecular complexity index is 296. The molecule has 0 saturated heterocycles. The van der Waals surface area contributed by atoms with Gasteiger partial charge in [-0.25, -0.2) is 5.84 Å². The minimum atomic E-state index is -0.0812. The molecule has 14 heavy (non-hydrogen) atoms. The van der Waals surface area contributed by atoms with E-state index in [9.17, 15) is 4.79 Å². The Hall–Kier alpha value is -1.16. The Labute approximate surface area is 83.2 Å². The lowest BCUT2D eigenvalue weighted by molar-refractivity contribution is -0.125. The number of carbonyl (C=O) groups is 1. The highest BCUT2D eigenvalue weighted by molar-refractivity contribution is 5.91. The lowest BCUT2D eigenvalue weighted by Crippen LogP contribution is -2.40. The number of hydrazine groups is 1. The summed E-state index contributed by atoms with van der Waals surface area (Å²) in [5, 5.41) is 0. The molecule has 0 radical (unpaired) electrons. The summed E-state index contributed by atoms with van der Waals surface area (Å²) in [6, 6.07) is 0. The van der Waals surface area contributed by atoms with E-state index in [-0.39, 0.29) is 11.8 Å². The monoisotopic (exact) mass is 193 g/mol. The van der Waals surface area contributed by atoms with Crippen molar-refractivity contribution in [2.75, 3.05) is 6.54 Å². The van der Waals surface area contributed by atoms with Crippen molar-refractivity contribution >= 4 is 11.6 Å². The van der Waals surface area contributed by atoms with E-state index in [1.807, 2.05) is 0 Å². The average molecular weight is 193 g/mol. The molecule has 0 aromatic carbocycles. The van der Waals surface area contributed by atoms with Gasteiger partial charge in [-0.2, -0.15) is 0 Å². The van der Waals surface area contributed by atoms with Crippen LogP contribution in [0.15, 0.2) is 17.1 Å². The van der Waals surface area contributed by atoms with Crippen LogP contribution in [0.4, 0.5) is 0 Å². The zero-order valence-corrected chi connectivity index (χ0v) is 8.07. The molecule has 0 saturated carbocycles.